The first-order chi connectivity index (χ1) is 36.5. The fourth-order valence-corrected chi connectivity index (χ4v) is 8.37. The molecule has 0 aliphatic rings. The minimum atomic E-state index is -0.759. The van der Waals surface area contributed by atoms with Gasteiger partial charge in [0.15, 0.2) is 0 Å². The molecule has 0 amide bonds. The molecule has 0 aliphatic carbocycles. The van der Waals surface area contributed by atoms with Crippen molar-refractivity contribution in [1.29, 1.82) is 0 Å². The molecule has 14 heteroatoms. The number of unbranched alkanes of at least 4 members (excludes halogenated alkanes) is 24. The van der Waals surface area contributed by atoms with Crippen LogP contribution in [0.5, 0.6) is 0 Å². The summed E-state index contributed by atoms with van der Waals surface area (Å²) in [6.45, 7) is 16.9. The number of carboxylic acids is 2. The first-order valence-corrected chi connectivity index (χ1v) is 30.3. The summed E-state index contributed by atoms with van der Waals surface area (Å²) in [5, 5.41) is 18.4. The van der Waals surface area contributed by atoms with Crippen LogP contribution in [0.3, 0.4) is 0 Å². The van der Waals surface area contributed by atoms with Crippen molar-refractivity contribution in [1.82, 2.24) is 9.80 Å². The number of hydrogen-bond acceptors (Lipinski definition) is 12. The highest BCUT2D eigenvalue weighted by Gasteiger charge is 2.09. The molecule has 0 saturated carbocycles. The molecule has 2 N–H and O–H groups in total. The Labute approximate surface area is 453 Å². The molecule has 14 nitrogen and oxygen atoms in total. The predicted molar refractivity (Wildman–Crippen MR) is 303 cm³/mol. The summed E-state index contributed by atoms with van der Waals surface area (Å²) >= 11 is 0. The van der Waals surface area contributed by atoms with Gasteiger partial charge in [0.05, 0.1) is 119 Å². The van der Waals surface area contributed by atoms with Crippen LogP contribution in [0.1, 0.15) is 206 Å². The minimum Gasteiger partial charge on any atom is -0.481 e. The highest BCUT2D eigenvalue weighted by molar-refractivity contribution is 5.67. The van der Waals surface area contributed by atoms with Crippen LogP contribution in [0.4, 0.5) is 0 Å². The molecule has 0 radical (unpaired) electrons. The second-order valence-corrected chi connectivity index (χ2v) is 19.7. The maximum atomic E-state index is 11.2. The van der Waals surface area contributed by atoms with Crippen LogP contribution in [0.25, 0.3) is 0 Å². The number of rotatable bonds is 65. The lowest BCUT2D eigenvalue weighted by Gasteiger charge is -2.21. The second-order valence-electron chi connectivity index (χ2n) is 19.7. The molecule has 0 spiro atoms. The van der Waals surface area contributed by atoms with E-state index in [2.05, 4.69) is 48.0 Å². The largest absolute Gasteiger partial charge is 0.481 e. The summed E-state index contributed by atoms with van der Waals surface area (Å²) in [6, 6.07) is 0. The highest BCUT2D eigenvalue weighted by atomic mass is 16.6. The molecule has 0 aromatic heterocycles. The van der Waals surface area contributed by atoms with Crippen molar-refractivity contribution in [2.75, 3.05) is 145 Å². The van der Waals surface area contributed by atoms with E-state index in [0.29, 0.717) is 119 Å². The lowest BCUT2D eigenvalue weighted by Crippen LogP contribution is -2.31. The minimum absolute atomic E-state index is 0.154. The quantitative estimate of drug-likeness (QED) is 0.0438. The summed E-state index contributed by atoms with van der Waals surface area (Å²) in [7, 11) is 0. The van der Waals surface area contributed by atoms with Gasteiger partial charge in [0, 0.05) is 26.2 Å². The first kappa shape index (κ1) is 72.0. The molecular weight excluding hydrogens is 941 g/mol. The van der Waals surface area contributed by atoms with E-state index in [0.717, 1.165) is 39.0 Å². The van der Waals surface area contributed by atoms with Gasteiger partial charge >= 0.3 is 11.9 Å². The monoisotopic (exact) mass is 1060 g/mol. The van der Waals surface area contributed by atoms with Gasteiger partial charge in [-0.15, -0.1) is 0 Å². The van der Waals surface area contributed by atoms with E-state index in [1.165, 1.54) is 167 Å². The smallest absolute Gasteiger partial charge is 0.304 e. The fourth-order valence-electron chi connectivity index (χ4n) is 8.37. The van der Waals surface area contributed by atoms with Crippen molar-refractivity contribution in [3.05, 3.63) is 24.3 Å². The van der Waals surface area contributed by atoms with Gasteiger partial charge in [-0.1, -0.05) is 154 Å². The van der Waals surface area contributed by atoms with Crippen molar-refractivity contribution >= 4 is 11.9 Å². The lowest BCUT2D eigenvalue weighted by atomic mass is 10.1. The van der Waals surface area contributed by atoms with Crippen LogP contribution in [0.15, 0.2) is 24.3 Å². The van der Waals surface area contributed by atoms with Gasteiger partial charge in [0.25, 0.3) is 0 Å². The summed E-state index contributed by atoms with van der Waals surface area (Å²) in [6.07, 6.45) is 45.7. The Morgan fingerprint density at radius 1 is 0.284 bits per heavy atom. The molecule has 0 saturated heterocycles. The average molecular weight is 1060 g/mol. The van der Waals surface area contributed by atoms with Gasteiger partial charge in [0.1, 0.15) is 0 Å². The first-order valence-electron chi connectivity index (χ1n) is 30.3. The van der Waals surface area contributed by atoms with Crippen molar-refractivity contribution in [2.45, 2.75) is 206 Å². The average Bonchev–Trinajstić information content (AvgIpc) is 3.39. The molecule has 0 rings (SSSR count). The number of allylic oxidation sites excluding steroid dienone is 4. The summed E-state index contributed by atoms with van der Waals surface area (Å²) < 4.78 is 45.1. The molecule has 0 aromatic carbocycles. The van der Waals surface area contributed by atoms with Crippen LogP contribution in [-0.2, 0) is 47.5 Å². The third-order valence-corrected chi connectivity index (χ3v) is 13.0. The van der Waals surface area contributed by atoms with Gasteiger partial charge in [-0.2, -0.15) is 0 Å². The van der Waals surface area contributed by atoms with E-state index in [9.17, 15) is 19.8 Å². The third-order valence-electron chi connectivity index (χ3n) is 13.0. The Balaban J connectivity index is 3.59. The van der Waals surface area contributed by atoms with Crippen LogP contribution in [-0.4, -0.2) is 177 Å². The Hall–Kier alpha value is -1.98. The van der Waals surface area contributed by atoms with Crippen molar-refractivity contribution in [2.24, 2.45) is 0 Å². The zero-order valence-electron chi connectivity index (χ0n) is 48.0. The predicted octanol–water partition coefficient (Wildman–Crippen LogP) is 12.7. The number of nitrogens with zero attached hydrogens (tertiary/aromatic N) is 2. The molecule has 0 aliphatic heterocycles. The van der Waals surface area contributed by atoms with Crippen molar-refractivity contribution in [3.63, 3.8) is 0 Å². The molecule has 0 unspecified atom stereocenters. The molecule has 0 fully saturated rings. The van der Waals surface area contributed by atoms with E-state index in [1.54, 1.807) is 0 Å². The third kappa shape index (κ3) is 62.6. The van der Waals surface area contributed by atoms with Crippen molar-refractivity contribution in [3.8, 4) is 0 Å². The standard InChI is InChI=1S/C60H116N2O12/c1-3-5-7-9-11-13-15-17-19-21-23-25-27-29-31-33-37-61(39-35-59(63)64)41-43-67-45-47-69-49-51-71-53-55-73-57-58-74-56-54-72-52-50-70-48-46-68-44-42-62(40-36-60(65)66)38-34-32-30-28-26-24-22-20-18-16-14-12-10-8-6-4-2/h17-20H,3-16,21-58H2,1-2H3,(H,63,64)(H,65,66). The van der Waals surface area contributed by atoms with Gasteiger partial charge in [0.2, 0.25) is 0 Å². The maximum Gasteiger partial charge on any atom is 0.304 e. The number of carboxylic acid groups (broad SMARTS) is 2. The number of ether oxygens (including phenoxy) is 8. The maximum absolute atomic E-state index is 11.2. The van der Waals surface area contributed by atoms with Gasteiger partial charge in [-0.25, -0.2) is 0 Å². The van der Waals surface area contributed by atoms with Crippen LogP contribution in [0.2, 0.25) is 0 Å². The lowest BCUT2D eigenvalue weighted by molar-refractivity contribution is -0.138. The van der Waals surface area contributed by atoms with Crippen LogP contribution in [0, 0.1) is 0 Å². The topological polar surface area (TPSA) is 155 Å². The molecule has 0 aromatic rings. The zero-order chi connectivity index (χ0) is 53.6. The Morgan fingerprint density at radius 2 is 0.500 bits per heavy atom. The summed E-state index contributed by atoms with van der Waals surface area (Å²) in [5.74, 6) is -1.52. The summed E-state index contributed by atoms with van der Waals surface area (Å²) in [4.78, 5) is 26.8. The Kier molecular flexibility index (Phi) is 61.9. The van der Waals surface area contributed by atoms with E-state index >= 15 is 0 Å². The van der Waals surface area contributed by atoms with Gasteiger partial charge < -0.3 is 57.9 Å². The number of carbonyl (C=O) groups is 2. The summed E-state index contributed by atoms with van der Waals surface area (Å²) in [5.41, 5.74) is 0. The molecule has 0 bridgehead atoms. The van der Waals surface area contributed by atoms with Gasteiger partial charge in [-0.3, -0.25) is 9.59 Å². The fraction of sp³-hybridized carbons (Fsp3) is 0.900. The van der Waals surface area contributed by atoms with Crippen molar-refractivity contribution < 1.29 is 57.7 Å². The van der Waals surface area contributed by atoms with E-state index < -0.39 is 11.9 Å². The van der Waals surface area contributed by atoms with Gasteiger partial charge in [-0.05, 0) is 77.3 Å². The van der Waals surface area contributed by atoms with E-state index in [4.69, 9.17) is 37.9 Å². The van der Waals surface area contributed by atoms with Crippen LogP contribution >= 0.6 is 0 Å². The SMILES string of the molecule is CCCCCCCCC=CCCCCCCCCN(CCOCCOCCOCCOCCOCCOCCOCCOCCN(CCCCCCCCC=CCCCCCCCC)CCC(=O)O)CCC(=O)O. The molecular formula is C60H116N2O12. The van der Waals surface area contributed by atoms with E-state index in [-0.39, 0.29) is 12.8 Å². The zero-order valence-corrected chi connectivity index (χ0v) is 48.0. The van der Waals surface area contributed by atoms with E-state index in [1.807, 2.05) is 0 Å². The molecule has 0 atom stereocenters. The molecule has 0 heterocycles. The number of hydrogen-bond donors (Lipinski definition) is 2. The molecule has 74 heavy (non-hydrogen) atoms. The van der Waals surface area contributed by atoms with Crippen LogP contribution < -0.4 is 0 Å². The number of aliphatic carboxylic acids is 2. The Bertz CT molecular complexity index is 1090. The normalized spacial score (nSPS) is 12.0. The second kappa shape index (κ2) is 63.6. The molecule has 438 valence electrons. The Morgan fingerprint density at radius 3 is 0.743 bits per heavy atom. The highest BCUT2D eigenvalue weighted by Crippen LogP contribution is 2.13.